The number of carbonyl (C=O) groups is 1. The third kappa shape index (κ3) is 3.57. The van der Waals surface area contributed by atoms with Gasteiger partial charge in [-0.2, -0.15) is 0 Å². The molecule has 3 saturated heterocycles. The Kier molecular flexibility index (Phi) is 5.16. The van der Waals surface area contributed by atoms with Crippen LogP contribution >= 0.6 is 0 Å². The van der Waals surface area contributed by atoms with Gasteiger partial charge in [0.05, 0.1) is 13.2 Å². The van der Waals surface area contributed by atoms with Gasteiger partial charge in [0.1, 0.15) is 17.0 Å². The number of rotatable bonds is 4. The Morgan fingerprint density at radius 2 is 2.03 bits per heavy atom. The lowest BCUT2D eigenvalue weighted by Gasteiger charge is -2.41. The maximum atomic E-state index is 13.0. The van der Waals surface area contributed by atoms with Crippen LogP contribution < -0.4 is 0 Å². The molecule has 1 N–H and O–H groups in total. The number of nitrogens with zero attached hydrogens (tertiary/aromatic N) is 3. The molecule has 0 saturated carbocycles. The quantitative estimate of drug-likeness (QED) is 0.785. The lowest BCUT2D eigenvalue weighted by molar-refractivity contribution is 0.0412. The van der Waals surface area contributed by atoms with Gasteiger partial charge in [-0.15, -0.1) is 0 Å². The minimum absolute atomic E-state index is 0.197. The van der Waals surface area contributed by atoms with E-state index in [0.717, 1.165) is 23.9 Å². The number of sulfonamides is 1. The van der Waals surface area contributed by atoms with E-state index in [1.54, 1.807) is 10.5 Å². The van der Waals surface area contributed by atoms with Crippen LogP contribution in [-0.2, 0) is 19.5 Å². The number of fused-ring (bicyclic) bond motifs is 1. The molecule has 3 aliphatic rings. The molecular weight excluding hydrogens is 408 g/mol. The van der Waals surface area contributed by atoms with Crippen molar-refractivity contribution >= 4 is 27.1 Å². The third-order valence-electron chi connectivity index (χ3n) is 6.42. The van der Waals surface area contributed by atoms with Gasteiger partial charge < -0.3 is 19.4 Å². The molecule has 0 aliphatic carbocycles. The number of carbonyl (C=O) groups excluding carboxylic acids is 1. The standard InChI is InChI=1S/C20H26N4O5S/c25-20(29-15-5-9-28-13-15)23-11-16(12-23)30(26,27)24-7-3-14(4-8-24)18-10-22-19-17(18)2-1-6-21-19/h1-2,6,10,14-16H,3-5,7-9,11-13H2,(H,21,22)/t15-/m1/s1. The Labute approximate surface area is 175 Å². The summed E-state index contributed by atoms with van der Waals surface area (Å²) in [4.78, 5) is 21.1. The molecule has 1 atom stereocenters. The highest BCUT2D eigenvalue weighted by molar-refractivity contribution is 7.89. The summed E-state index contributed by atoms with van der Waals surface area (Å²) < 4.78 is 38.1. The van der Waals surface area contributed by atoms with Gasteiger partial charge in [0.15, 0.2) is 0 Å². The molecule has 5 rings (SSSR count). The molecule has 5 heterocycles. The van der Waals surface area contributed by atoms with Crippen molar-refractivity contribution in [3.63, 3.8) is 0 Å². The summed E-state index contributed by atoms with van der Waals surface area (Å²) in [6, 6.07) is 3.98. The summed E-state index contributed by atoms with van der Waals surface area (Å²) >= 11 is 0. The van der Waals surface area contributed by atoms with Crippen molar-refractivity contribution < 1.29 is 22.7 Å². The molecule has 3 aliphatic heterocycles. The number of aromatic nitrogens is 2. The average molecular weight is 435 g/mol. The molecule has 9 nitrogen and oxygen atoms in total. The van der Waals surface area contributed by atoms with Crippen LogP contribution in [0.1, 0.15) is 30.7 Å². The van der Waals surface area contributed by atoms with Gasteiger partial charge in [0, 0.05) is 50.4 Å². The van der Waals surface area contributed by atoms with E-state index in [1.165, 1.54) is 10.5 Å². The molecule has 0 unspecified atom stereocenters. The Morgan fingerprint density at radius 1 is 1.23 bits per heavy atom. The molecule has 3 fully saturated rings. The van der Waals surface area contributed by atoms with E-state index in [2.05, 4.69) is 16.0 Å². The van der Waals surface area contributed by atoms with E-state index in [0.29, 0.717) is 38.6 Å². The number of hydrogen-bond acceptors (Lipinski definition) is 6. The minimum Gasteiger partial charge on any atom is -0.444 e. The molecule has 2 aromatic heterocycles. The summed E-state index contributed by atoms with van der Waals surface area (Å²) in [7, 11) is -3.41. The monoisotopic (exact) mass is 434 g/mol. The van der Waals surface area contributed by atoms with Gasteiger partial charge in [-0.3, -0.25) is 0 Å². The van der Waals surface area contributed by atoms with E-state index < -0.39 is 21.4 Å². The van der Waals surface area contributed by atoms with Crippen LogP contribution in [-0.4, -0.2) is 84.4 Å². The molecule has 162 valence electrons. The van der Waals surface area contributed by atoms with Crippen molar-refractivity contribution in [3.8, 4) is 0 Å². The van der Waals surface area contributed by atoms with Crippen LogP contribution in [0.5, 0.6) is 0 Å². The average Bonchev–Trinajstić information content (AvgIpc) is 3.36. The number of pyridine rings is 1. The van der Waals surface area contributed by atoms with Gasteiger partial charge in [0.2, 0.25) is 10.0 Å². The number of ether oxygens (including phenoxy) is 2. The molecule has 10 heteroatoms. The Hall–Kier alpha value is -2.17. The van der Waals surface area contributed by atoms with Gasteiger partial charge in [-0.25, -0.2) is 22.5 Å². The Morgan fingerprint density at radius 3 is 2.77 bits per heavy atom. The summed E-state index contributed by atoms with van der Waals surface area (Å²) in [5.41, 5.74) is 2.08. The fourth-order valence-corrected chi connectivity index (χ4v) is 6.42. The van der Waals surface area contributed by atoms with Crippen LogP contribution in [0.2, 0.25) is 0 Å². The number of aromatic amines is 1. The fourth-order valence-electron chi connectivity index (χ4n) is 4.55. The predicted octanol–water partition coefficient (Wildman–Crippen LogP) is 1.68. The van der Waals surface area contributed by atoms with Crippen LogP contribution in [0, 0.1) is 0 Å². The van der Waals surface area contributed by atoms with Crippen molar-refractivity contribution in [1.82, 2.24) is 19.2 Å². The Balaban J connectivity index is 1.16. The predicted molar refractivity (Wildman–Crippen MR) is 110 cm³/mol. The molecular formula is C20H26N4O5S. The molecule has 0 spiro atoms. The summed E-state index contributed by atoms with van der Waals surface area (Å²) in [5, 5.41) is 0.568. The molecule has 2 aromatic rings. The second-order valence-corrected chi connectivity index (χ2v) is 10.5. The van der Waals surface area contributed by atoms with Crippen LogP contribution in [0.25, 0.3) is 11.0 Å². The van der Waals surface area contributed by atoms with Gasteiger partial charge >= 0.3 is 6.09 Å². The second-order valence-electron chi connectivity index (χ2n) is 8.26. The summed E-state index contributed by atoms with van der Waals surface area (Å²) in [6.07, 6.45) is 5.36. The molecule has 1 amide bonds. The van der Waals surface area contributed by atoms with Crippen molar-refractivity contribution in [2.45, 2.75) is 36.5 Å². The highest BCUT2D eigenvalue weighted by Gasteiger charge is 2.44. The number of piperidine rings is 1. The molecule has 0 bridgehead atoms. The lowest BCUT2D eigenvalue weighted by atomic mass is 9.90. The topological polar surface area (TPSA) is 105 Å². The maximum Gasteiger partial charge on any atom is 0.410 e. The first-order chi connectivity index (χ1) is 14.5. The number of hydrogen-bond donors (Lipinski definition) is 1. The summed E-state index contributed by atoms with van der Waals surface area (Å²) in [6.45, 7) is 2.41. The van der Waals surface area contributed by atoms with Gasteiger partial charge in [0.25, 0.3) is 0 Å². The van der Waals surface area contributed by atoms with E-state index in [9.17, 15) is 13.2 Å². The normalized spacial score (nSPS) is 24.3. The van der Waals surface area contributed by atoms with Gasteiger partial charge in [-0.05, 0) is 36.5 Å². The maximum absolute atomic E-state index is 13.0. The highest BCUT2D eigenvalue weighted by Crippen LogP contribution is 2.34. The zero-order valence-electron chi connectivity index (χ0n) is 16.7. The van der Waals surface area contributed by atoms with E-state index in [4.69, 9.17) is 9.47 Å². The number of nitrogens with one attached hydrogen (secondary N) is 1. The van der Waals surface area contributed by atoms with Crippen molar-refractivity contribution in [2.24, 2.45) is 0 Å². The first-order valence-electron chi connectivity index (χ1n) is 10.5. The molecule has 30 heavy (non-hydrogen) atoms. The second kappa shape index (κ2) is 7.82. The van der Waals surface area contributed by atoms with E-state index in [1.807, 2.05) is 12.3 Å². The van der Waals surface area contributed by atoms with Gasteiger partial charge in [-0.1, -0.05) is 0 Å². The minimum atomic E-state index is -3.41. The smallest absolute Gasteiger partial charge is 0.410 e. The lowest BCUT2D eigenvalue weighted by Crippen LogP contribution is -2.60. The fraction of sp³-hybridized carbons (Fsp3) is 0.600. The number of likely N-dealkylation sites (tertiary alicyclic amines) is 1. The first kappa shape index (κ1) is 19.8. The van der Waals surface area contributed by atoms with Crippen LogP contribution in [0.4, 0.5) is 4.79 Å². The number of H-pyrrole nitrogens is 1. The largest absolute Gasteiger partial charge is 0.444 e. The third-order valence-corrected chi connectivity index (χ3v) is 8.65. The molecule has 0 radical (unpaired) electrons. The van der Waals surface area contributed by atoms with Crippen LogP contribution in [0.15, 0.2) is 24.5 Å². The first-order valence-corrected chi connectivity index (χ1v) is 12.0. The van der Waals surface area contributed by atoms with Crippen molar-refractivity contribution in [1.29, 1.82) is 0 Å². The van der Waals surface area contributed by atoms with Crippen LogP contribution in [0.3, 0.4) is 0 Å². The zero-order chi connectivity index (χ0) is 20.7. The van der Waals surface area contributed by atoms with Crippen molar-refractivity contribution in [3.05, 3.63) is 30.1 Å². The SMILES string of the molecule is O=C(O[C@@H]1CCOC1)N1CC(S(=O)(=O)N2CCC(c3c[nH]c4ncccc34)CC2)C1. The van der Waals surface area contributed by atoms with E-state index in [-0.39, 0.29) is 19.2 Å². The Bertz CT molecular complexity index is 1020. The van der Waals surface area contributed by atoms with Crippen molar-refractivity contribution in [2.75, 3.05) is 39.4 Å². The number of amides is 1. The van der Waals surface area contributed by atoms with E-state index >= 15 is 0 Å². The highest BCUT2D eigenvalue weighted by atomic mass is 32.2. The zero-order valence-corrected chi connectivity index (χ0v) is 17.5. The summed E-state index contributed by atoms with van der Waals surface area (Å²) in [5.74, 6) is 0.316. The molecule has 0 aromatic carbocycles.